The van der Waals surface area contributed by atoms with Crippen molar-refractivity contribution in [1.82, 2.24) is 0 Å². The Kier molecular flexibility index (Phi) is 8.61. The van der Waals surface area contributed by atoms with Gasteiger partial charge in [-0.3, -0.25) is 4.79 Å². The number of rotatable bonds is 8. The SMILES string of the molecule is CCCCCC/C=C(\C=O)C(C)CC. The van der Waals surface area contributed by atoms with Crippen molar-refractivity contribution in [2.24, 2.45) is 5.92 Å². The highest BCUT2D eigenvalue weighted by Gasteiger charge is 2.03. The smallest absolute Gasteiger partial charge is 0.145 e. The van der Waals surface area contributed by atoms with Crippen LogP contribution < -0.4 is 0 Å². The van der Waals surface area contributed by atoms with E-state index in [0.717, 1.165) is 24.7 Å². The summed E-state index contributed by atoms with van der Waals surface area (Å²) in [6.07, 6.45) is 10.4. The van der Waals surface area contributed by atoms with Crippen LogP contribution in [-0.4, -0.2) is 6.29 Å². The second-order valence-corrected chi connectivity index (χ2v) is 3.98. The Bertz CT molecular complexity index is 170. The van der Waals surface area contributed by atoms with Crippen molar-refractivity contribution in [3.8, 4) is 0 Å². The van der Waals surface area contributed by atoms with Gasteiger partial charge in [0, 0.05) is 0 Å². The van der Waals surface area contributed by atoms with Crippen LogP contribution in [0.3, 0.4) is 0 Å². The van der Waals surface area contributed by atoms with E-state index in [1.807, 2.05) is 0 Å². The van der Waals surface area contributed by atoms with E-state index < -0.39 is 0 Å². The maximum absolute atomic E-state index is 10.8. The topological polar surface area (TPSA) is 17.1 Å². The van der Waals surface area contributed by atoms with Gasteiger partial charge in [-0.15, -0.1) is 0 Å². The molecule has 0 aromatic rings. The maximum Gasteiger partial charge on any atom is 0.145 e. The van der Waals surface area contributed by atoms with Crippen LogP contribution in [0.15, 0.2) is 11.6 Å². The van der Waals surface area contributed by atoms with Crippen molar-refractivity contribution in [3.63, 3.8) is 0 Å². The lowest BCUT2D eigenvalue weighted by Crippen LogP contribution is -1.98. The summed E-state index contributed by atoms with van der Waals surface area (Å²) < 4.78 is 0. The van der Waals surface area contributed by atoms with Crippen molar-refractivity contribution < 1.29 is 4.79 Å². The zero-order valence-corrected chi connectivity index (χ0v) is 9.88. The number of aldehydes is 1. The summed E-state index contributed by atoms with van der Waals surface area (Å²) in [6, 6.07) is 0. The molecule has 14 heavy (non-hydrogen) atoms. The second-order valence-electron chi connectivity index (χ2n) is 3.98. The largest absolute Gasteiger partial charge is 0.298 e. The van der Waals surface area contributed by atoms with Crippen LogP contribution in [0.2, 0.25) is 0 Å². The standard InChI is InChI=1S/C13H24O/c1-4-6-7-8-9-10-13(11-14)12(3)5-2/h10-12H,4-9H2,1-3H3/b13-10+. The molecular formula is C13H24O. The van der Waals surface area contributed by atoms with Gasteiger partial charge in [0.25, 0.3) is 0 Å². The summed E-state index contributed by atoms with van der Waals surface area (Å²) >= 11 is 0. The number of allylic oxidation sites excluding steroid dienone is 2. The highest BCUT2D eigenvalue weighted by atomic mass is 16.1. The fraction of sp³-hybridized carbons (Fsp3) is 0.769. The first-order valence-electron chi connectivity index (χ1n) is 5.91. The highest BCUT2D eigenvalue weighted by molar-refractivity contribution is 5.73. The molecule has 1 unspecified atom stereocenters. The molecule has 0 amide bonds. The minimum atomic E-state index is 0.429. The lowest BCUT2D eigenvalue weighted by molar-refractivity contribution is -0.105. The molecular weight excluding hydrogens is 172 g/mol. The molecule has 0 N–H and O–H groups in total. The van der Waals surface area contributed by atoms with Crippen LogP contribution in [0.4, 0.5) is 0 Å². The minimum absolute atomic E-state index is 0.429. The summed E-state index contributed by atoms with van der Waals surface area (Å²) in [5, 5.41) is 0. The Labute approximate surface area is 88.6 Å². The predicted octanol–water partition coefficient (Wildman–Crippen LogP) is 4.13. The molecule has 0 aromatic carbocycles. The highest BCUT2D eigenvalue weighted by Crippen LogP contribution is 2.14. The third-order valence-corrected chi connectivity index (χ3v) is 2.76. The normalized spacial score (nSPS) is 14.1. The first-order chi connectivity index (χ1) is 6.76. The van der Waals surface area contributed by atoms with Gasteiger partial charge >= 0.3 is 0 Å². The van der Waals surface area contributed by atoms with E-state index in [1.54, 1.807) is 0 Å². The van der Waals surface area contributed by atoms with Gasteiger partial charge < -0.3 is 0 Å². The number of carbonyl (C=O) groups excluding carboxylic acids is 1. The molecule has 82 valence electrons. The third-order valence-electron chi connectivity index (χ3n) is 2.76. The molecule has 0 radical (unpaired) electrons. The molecule has 0 aliphatic rings. The quantitative estimate of drug-likeness (QED) is 0.324. The Hall–Kier alpha value is -0.590. The maximum atomic E-state index is 10.8. The van der Waals surface area contributed by atoms with Gasteiger partial charge in [-0.25, -0.2) is 0 Å². The lowest BCUT2D eigenvalue weighted by atomic mass is 9.98. The molecule has 0 saturated carbocycles. The predicted molar refractivity (Wildman–Crippen MR) is 62.4 cm³/mol. The number of unbranched alkanes of at least 4 members (excludes halogenated alkanes) is 4. The first kappa shape index (κ1) is 13.4. The number of hydrogen-bond acceptors (Lipinski definition) is 1. The second kappa shape index (κ2) is 8.98. The van der Waals surface area contributed by atoms with E-state index >= 15 is 0 Å². The lowest BCUT2D eigenvalue weighted by Gasteiger charge is -2.07. The van der Waals surface area contributed by atoms with Crippen LogP contribution in [0.1, 0.15) is 59.3 Å². The zero-order chi connectivity index (χ0) is 10.8. The van der Waals surface area contributed by atoms with Gasteiger partial charge in [-0.05, 0) is 30.8 Å². The molecule has 0 heterocycles. The van der Waals surface area contributed by atoms with Crippen molar-refractivity contribution in [2.45, 2.75) is 59.3 Å². The van der Waals surface area contributed by atoms with Crippen molar-refractivity contribution in [2.75, 3.05) is 0 Å². The summed E-state index contributed by atoms with van der Waals surface area (Å²) in [6.45, 7) is 6.46. The molecule has 1 atom stereocenters. The average Bonchev–Trinajstić information content (AvgIpc) is 2.22. The molecule has 0 aliphatic carbocycles. The third kappa shape index (κ3) is 5.95. The van der Waals surface area contributed by atoms with Crippen molar-refractivity contribution >= 4 is 6.29 Å². The molecule has 0 bridgehead atoms. The monoisotopic (exact) mass is 196 g/mol. The van der Waals surface area contributed by atoms with E-state index in [0.29, 0.717) is 5.92 Å². The van der Waals surface area contributed by atoms with E-state index in [-0.39, 0.29) is 0 Å². The molecule has 0 aromatic heterocycles. The van der Waals surface area contributed by atoms with Gasteiger partial charge in [0.05, 0.1) is 0 Å². The van der Waals surface area contributed by atoms with Gasteiger partial charge in [0.1, 0.15) is 6.29 Å². The minimum Gasteiger partial charge on any atom is -0.298 e. The van der Waals surface area contributed by atoms with Crippen molar-refractivity contribution in [1.29, 1.82) is 0 Å². The number of carbonyl (C=O) groups is 1. The molecule has 0 fully saturated rings. The van der Waals surface area contributed by atoms with E-state index in [9.17, 15) is 4.79 Å². The fourth-order valence-electron chi connectivity index (χ4n) is 1.44. The van der Waals surface area contributed by atoms with E-state index in [4.69, 9.17) is 0 Å². The summed E-state index contributed by atoms with van der Waals surface area (Å²) in [5.74, 6) is 0.429. The van der Waals surface area contributed by atoms with Crippen LogP contribution in [0.5, 0.6) is 0 Å². The van der Waals surface area contributed by atoms with Gasteiger partial charge in [-0.1, -0.05) is 46.1 Å². The molecule has 0 rings (SSSR count). The molecule has 0 saturated heterocycles. The van der Waals surface area contributed by atoms with Crippen LogP contribution in [-0.2, 0) is 4.79 Å². The van der Waals surface area contributed by atoms with Crippen LogP contribution in [0.25, 0.3) is 0 Å². The Balaban J connectivity index is 3.75. The van der Waals surface area contributed by atoms with E-state index in [2.05, 4.69) is 26.8 Å². The van der Waals surface area contributed by atoms with E-state index in [1.165, 1.54) is 25.7 Å². The summed E-state index contributed by atoms with van der Waals surface area (Å²) in [5.41, 5.74) is 0.990. The Morgan fingerprint density at radius 3 is 2.43 bits per heavy atom. The fourth-order valence-corrected chi connectivity index (χ4v) is 1.44. The zero-order valence-electron chi connectivity index (χ0n) is 9.88. The molecule has 1 nitrogen and oxygen atoms in total. The van der Waals surface area contributed by atoms with Crippen LogP contribution in [0, 0.1) is 5.92 Å². The Morgan fingerprint density at radius 2 is 1.93 bits per heavy atom. The molecule has 0 aliphatic heterocycles. The van der Waals surface area contributed by atoms with Crippen LogP contribution >= 0.6 is 0 Å². The number of hydrogen-bond donors (Lipinski definition) is 0. The summed E-state index contributed by atoms with van der Waals surface area (Å²) in [4.78, 5) is 10.8. The first-order valence-corrected chi connectivity index (χ1v) is 5.91. The molecule has 1 heteroatoms. The van der Waals surface area contributed by atoms with Gasteiger partial charge in [-0.2, -0.15) is 0 Å². The average molecular weight is 196 g/mol. The van der Waals surface area contributed by atoms with Crippen molar-refractivity contribution in [3.05, 3.63) is 11.6 Å². The molecule has 0 spiro atoms. The Morgan fingerprint density at radius 1 is 1.21 bits per heavy atom. The van der Waals surface area contributed by atoms with Gasteiger partial charge in [0.2, 0.25) is 0 Å². The summed E-state index contributed by atoms with van der Waals surface area (Å²) in [7, 11) is 0. The van der Waals surface area contributed by atoms with Gasteiger partial charge in [0.15, 0.2) is 0 Å².